The number of halogens is 3. The van der Waals surface area contributed by atoms with Crippen LogP contribution in [0.3, 0.4) is 0 Å². The molecule has 0 bridgehead atoms. The normalized spacial score (nSPS) is 38.0. The van der Waals surface area contributed by atoms with Crippen LogP contribution in [0, 0.1) is 11.8 Å². The van der Waals surface area contributed by atoms with E-state index in [4.69, 9.17) is 0 Å². The van der Waals surface area contributed by atoms with Gasteiger partial charge in [0.1, 0.15) is 0 Å². The highest BCUT2D eigenvalue weighted by molar-refractivity contribution is 6.58. The van der Waals surface area contributed by atoms with Gasteiger partial charge in [0.2, 0.25) is 0 Å². The predicted molar refractivity (Wildman–Crippen MR) is 53.5 cm³/mol. The first-order valence-corrected chi connectivity index (χ1v) is 5.82. The molecule has 5 heteroatoms. The van der Waals surface area contributed by atoms with Gasteiger partial charge in [-0.3, -0.25) is 0 Å². The smallest absolute Gasteiger partial charge is 0.449 e. The van der Waals surface area contributed by atoms with Crippen LogP contribution in [0.15, 0.2) is 0 Å². The van der Waals surface area contributed by atoms with E-state index in [9.17, 15) is 18.1 Å². The van der Waals surface area contributed by atoms with E-state index in [1.807, 2.05) is 0 Å². The summed E-state index contributed by atoms with van der Waals surface area (Å²) in [6.45, 7) is -4.65. The lowest BCUT2D eigenvalue weighted by Gasteiger charge is -2.37. The molecule has 2 saturated carbocycles. The quantitative estimate of drug-likeness (QED) is 0.725. The third-order valence-corrected chi connectivity index (χ3v) is 3.91. The van der Waals surface area contributed by atoms with Crippen molar-refractivity contribution in [3.05, 3.63) is 0 Å². The van der Waals surface area contributed by atoms with Gasteiger partial charge >= 0.3 is 6.98 Å². The minimum absolute atomic E-state index is 0.232. The van der Waals surface area contributed by atoms with Crippen molar-refractivity contribution in [2.24, 2.45) is 11.8 Å². The van der Waals surface area contributed by atoms with Crippen LogP contribution in [-0.2, 0) is 0 Å². The largest absolute Gasteiger partial charge is 0.478 e. The van der Waals surface area contributed by atoms with Gasteiger partial charge in [0, 0.05) is 0 Å². The van der Waals surface area contributed by atoms with Crippen LogP contribution < -0.4 is 0 Å². The molecule has 0 heterocycles. The van der Waals surface area contributed by atoms with Crippen molar-refractivity contribution >= 4 is 6.98 Å². The first-order chi connectivity index (χ1) is 6.89. The number of hydrogen-bond acceptors (Lipinski definition) is 1. The fraction of sp³-hybridized carbons (Fsp3) is 1.00. The maximum Gasteiger partial charge on any atom is 0.478 e. The topological polar surface area (TPSA) is 20.2 Å². The minimum atomic E-state index is -4.65. The second-order valence-electron chi connectivity index (χ2n) is 5.27. The molecule has 2 aliphatic rings. The number of aliphatic hydroxyl groups is 1. The summed E-state index contributed by atoms with van der Waals surface area (Å²) in [5, 5.41) is 10.2. The molecule has 0 spiro atoms. The van der Waals surface area contributed by atoms with Crippen molar-refractivity contribution in [2.75, 3.05) is 0 Å². The number of rotatable bonds is 3. The molecule has 0 aliphatic heterocycles. The van der Waals surface area contributed by atoms with Crippen molar-refractivity contribution < 1.29 is 18.1 Å². The Morgan fingerprint density at radius 1 is 1.07 bits per heavy atom. The van der Waals surface area contributed by atoms with Crippen molar-refractivity contribution in [2.45, 2.75) is 50.4 Å². The highest BCUT2D eigenvalue weighted by Crippen LogP contribution is 2.49. The van der Waals surface area contributed by atoms with Crippen LogP contribution in [-0.4, -0.2) is 17.7 Å². The van der Waals surface area contributed by atoms with E-state index in [0.717, 1.165) is 12.8 Å². The van der Waals surface area contributed by atoms with Crippen molar-refractivity contribution in [3.63, 3.8) is 0 Å². The lowest BCUT2D eigenvalue weighted by atomic mass is 9.68. The van der Waals surface area contributed by atoms with Crippen LogP contribution in [0.2, 0.25) is 6.32 Å². The molecule has 0 unspecified atom stereocenters. The summed E-state index contributed by atoms with van der Waals surface area (Å²) in [6, 6.07) is 0. The van der Waals surface area contributed by atoms with E-state index in [0.29, 0.717) is 31.6 Å². The lowest BCUT2D eigenvalue weighted by molar-refractivity contribution is -0.0276. The van der Waals surface area contributed by atoms with Gasteiger partial charge in [0.05, 0.1) is 5.60 Å². The van der Waals surface area contributed by atoms with Gasteiger partial charge in [0.15, 0.2) is 0 Å². The Hall–Kier alpha value is -0.185. The van der Waals surface area contributed by atoms with E-state index in [-0.39, 0.29) is 5.92 Å². The molecular weight excluding hydrogens is 204 g/mol. The average Bonchev–Trinajstić information content (AvgIpc) is 2.89. The molecule has 0 radical (unpaired) electrons. The molecule has 0 aromatic carbocycles. The summed E-state index contributed by atoms with van der Waals surface area (Å²) < 4.78 is 36.6. The zero-order chi connectivity index (χ0) is 11.1. The standard InChI is InChI=1S/C10H17BF3O/c12-11(13,14)7-8-3-5-10(15,6-4-8)9-1-2-9/h8-9,15H,1-7H2/q-1. The molecule has 2 fully saturated rings. The SMILES string of the molecule is OC1(C2CC2)CCC(C[B-](F)(F)F)CC1. The third-order valence-electron chi connectivity index (χ3n) is 3.91. The Morgan fingerprint density at radius 2 is 1.60 bits per heavy atom. The fourth-order valence-corrected chi connectivity index (χ4v) is 2.82. The summed E-state index contributed by atoms with van der Waals surface area (Å²) >= 11 is 0. The van der Waals surface area contributed by atoms with Crippen molar-refractivity contribution in [3.8, 4) is 0 Å². The summed E-state index contributed by atoms with van der Waals surface area (Å²) in [4.78, 5) is 0. The fourth-order valence-electron chi connectivity index (χ4n) is 2.82. The van der Waals surface area contributed by atoms with Crippen LogP contribution >= 0.6 is 0 Å². The average molecular weight is 221 g/mol. The molecule has 0 aromatic rings. The van der Waals surface area contributed by atoms with Gasteiger partial charge in [-0.1, -0.05) is 25.1 Å². The Morgan fingerprint density at radius 3 is 2.00 bits per heavy atom. The summed E-state index contributed by atoms with van der Waals surface area (Å²) in [6.07, 6.45) is 3.76. The zero-order valence-corrected chi connectivity index (χ0v) is 8.76. The Kier molecular flexibility index (Phi) is 2.78. The molecule has 2 rings (SSSR count). The highest BCUT2D eigenvalue weighted by Gasteiger charge is 2.46. The van der Waals surface area contributed by atoms with Crippen LogP contribution in [0.5, 0.6) is 0 Å². The van der Waals surface area contributed by atoms with Gasteiger partial charge in [-0.05, 0) is 31.6 Å². The second kappa shape index (κ2) is 3.68. The summed E-state index contributed by atoms with van der Waals surface area (Å²) in [7, 11) is 0. The highest BCUT2D eigenvalue weighted by atomic mass is 19.4. The molecule has 2 aliphatic carbocycles. The maximum atomic E-state index is 12.2. The number of hydrogen-bond donors (Lipinski definition) is 1. The third kappa shape index (κ3) is 2.89. The molecule has 1 N–H and O–H groups in total. The van der Waals surface area contributed by atoms with E-state index in [2.05, 4.69) is 0 Å². The van der Waals surface area contributed by atoms with Gasteiger partial charge in [0.25, 0.3) is 0 Å². The molecule has 0 aromatic heterocycles. The monoisotopic (exact) mass is 221 g/mol. The van der Waals surface area contributed by atoms with Crippen molar-refractivity contribution in [1.29, 1.82) is 0 Å². The Labute approximate surface area is 88.1 Å². The van der Waals surface area contributed by atoms with E-state index >= 15 is 0 Å². The van der Waals surface area contributed by atoms with E-state index in [1.54, 1.807) is 0 Å². The lowest BCUT2D eigenvalue weighted by Crippen LogP contribution is -2.37. The van der Waals surface area contributed by atoms with Crippen LogP contribution in [0.25, 0.3) is 0 Å². The molecule has 1 nitrogen and oxygen atoms in total. The molecule has 0 amide bonds. The summed E-state index contributed by atoms with van der Waals surface area (Å²) in [5.74, 6) is 0.152. The summed E-state index contributed by atoms with van der Waals surface area (Å²) in [5.41, 5.74) is -0.616. The molecule has 88 valence electrons. The van der Waals surface area contributed by atoms with E-state index in [1.165, 1.54) is 0 Å². The van der Waals surface area contributed by atoms with Crippen LogP contribution in [0.1, 0.15) is 38.5 Å². The van der Waals surface area contributed by atoms with E-state index < -0.39 is 18.9 Å². The predicted octanol–water partition coefficient (Wildman–Crippen LogP) is 3.17. The first kappa shape index (κ1) is 11.3. The zero-order valence-electron chi connectivity index (χ0n) is 8.76. The minimum Gasteiger partial charge on any atom is -0.449 e. The van der Waals surface area contributed by atoms with Gasteiger partial charge in [-0.25, -0.2) is 0 Å². The molecular formula is C10H17BF3O-. The first-order valence-electron chi connectivity index (χ1n) is 5.82. The maximum absolute atomic E-state index is 12.2. The molecule has 15 heavy (non-hydrogen) atoms. The molecule has 0 saturated heterocycles. The van der Waals surface area contributed by atoms with Gasteiger partial charge in [-0.2, -0.15) is 0 Å². The Bertz CT molecular complexity index is 229. The van der Waals surface area contributed by atoms with Gasteiger partial charge in [-0.15, -0.1) is 0 Å². The molecule has 0 atom stereocenters. The van der Waals surface area contributed by atoms with Crippen molar-refractivity contribution in [1.82, 2.24) is 0 Å². The van der Waals surface area contributed by atoms with Gasteiger partial charge < -0.3 is 18.1 Å². The Balaban J connectivity index is 1.81. The van der Waals surface area contributed by atoms with Crippen LogP contribution in [0.4, 0.5) is 12.9 Å². The second-order valence-corrected chi connectivity index (χ2v) is 5.27.